The Kier molecular flexibility index (Phi) is 6.97. The molecule has 1 aromatic heterocycles. The Morgan fingerprint density at radius 1 is 1.14 bits per heavy atom. The van der Waals surface area contributed by atoms with Crippen LogP contribution in [-0.2, 0) is 14.8 Å². The number of morpholine rings is 1. The van der Waals surface area contributed by atoms with E-state index in [1.165, 1.54) is 21.6 Å². The van der Waals surface area contributed by atoms with Gasteiger partial charge in [-0.2, -0.15) is 0 Å². The van der Waals surface area contributed by atoms with E-state index >= 15 is 0 Å². The molecule has 3 rings (SSSR count). The molecule has 1 aliphatic rings. The lowest BCUT2D eigenvalue weighted by atomic mass is 10.2. The van der Waals surface area contributed by atoms with Crippen molar-refractivity contribution in [2.45, 2.75) is 18.5 Å². The Hall–Kier alpha value is -1.62. The van der Waals surface area contributed by atoms with Crippen molar-refractivity contribution < 1.29 is 13.2 Å². The Labute approximate surface area is 170 Å². The van der Waals surface area contributed by atoms with Crippen LogP contribution in [0.5, 0.6) is 0 Å². The first kappa shape index (κ1) is 21.1. The molecule has 154 valence electrons. The third kappa shape index (κ3) is 5.05. The van der Waals surface area contributed by atoms with Crippen LogP contribution < -0.4 is 4.90 Å². The van der Waals surface area contributed by atoms with Crippen molar-refractivity contribution in [3.05, 3.63) is 29.8 Å². The standard InChI is InChI=1S/C18H27N5O3S2/c1-15-5-7-16(8-6-15)23-17(22-9-11-26-12-10-22)19-20-18(23)27-13-4-14-28(24,25)21(2)3/h5-8H,4,9-14H2,1-3H3. The highest BCUT2D eigenvalue weighted by atomic mass is 32.2. The molecule has 0 bridgehead atoms. The molecule has 0 amide bonds. The normalized spacial score (nSPS) is 15.4. The minimum absolute atomic E-state index is 0.127. The summed E-state index contributed by atoms with van der Waals surface area (Å²) in [7, 11) is -0.0553. The summed E-state index contributed by atoms with van der Waals surface area (Å²) < 4.78 is 32.6. The number of aromatic nitrogens is 3. The predicted molar refractivity (Wildman–Crippen MR) is 112 cm³/mol. The Bertz CT molecular complexity index is 875. The molecule has 2 aromatic rings. The third-order valence-corrected chi connectivity index (χ3v) is 7.47. The maximum atomic E-state index is 11.9. The van der Waals surface area contributed by atoms with Gasteiger partial charge in [-0.1, -0.05) is 29.5 Å². The highest BCUT2D eigenvalue weighted by Crippen LogP contribution is 2.27. The average molecular weight is 426 g/mol. The highest BCUT2D eigenvalue weighted by Gasteiger charge is 2.22. The highest BCUT2D eigenvalue weighted by molar-refractivity contribution is 7.99. The zero-order valence-electron chi connectivity index (χ0n) is 16.5. The summed E-state index contributed by atoms with van der Waals surface area (Å²) in [6.07, 6.45) is 0.554. The molecule has 2 heterocycles. The van der Waals surface area contributed by atoms with Gasteiger partial charge in [0.2, 0.25) is 16.0 Å². The second-order valence-electron chi connectivity index (χ2n) is 6.85. The molecule has 28 heavy (non-hydrogen) atoms. The summed E-state index contributed by atoms with van der Waals surface area (Å²) in [5, 5.41) is 9.59. The van der Waals surface area contributed by atoms with Crippen molar-refractivity contribution in [3.8, 4) is 5.69 Å². The van der Waals surface area contributed by atoms with Gasteiger partial charge in [0.1, 0.15) is 0 Å². The Balaban J connectivity index is 1.78. The largest absolute Gasteiger partial charge is 0.378 e. The first-order chi connectivity index (χ1) is 13.4. The van der Waals surface area contributed by atoms with E-state index in [4.69, 9.17) is 4.74 Å². The van der Waals surface area contributed by atoms with E-state index in [9.17, 15) is 8.42 Å². The fraction of sp³-hybridized carbons (Fsp3) is 0.556. The number of nitrogens with zero attached hydrogens (tertiary/aromatic N) is 5. The molecule has 1 fully saturated rings. The van der Waals surface area contributed by atoms with Crippen LogP contribution in [0.3, 0.4) is 0 Å². The van der Waals surface area contributed by atoms with Gasteiger partial charge in [-0.05, 0) is 25.5 Å². The zero-order chi connectivity index (χ0) is 20.1. The number of thioether (sulfide) groups is 1. The monoisotopic (exact) mass is 425 g/mol. The van der Waals surface area contributed by atoms with E-state index in [1.807, 2.05) is 0 Å². The van der Waals surface area contributed by atoms with E-state index in [2.05, 4.69) is 50.9 Å². The number of hydrogen-bond donors (Lipinski definition) is 0. The molecular formula is C18H27N5O3S2. The van der Waals surface area contributed by atoms with Gasteiger partial charge >= 0.3 is 0 Å². The molecule has 0 N–H and O–H groups in total. The van der Waals surface area contributed by atoms with Crippen LogP contribution in [0.4, 0.5) is 5.95 Å². The lowest BCUT2D eigenvalue weighted by Gasteiger charge is -2.28. The fourth-order valence-corrected chi connectivity index (χ4v) is 4.77. The van der Waals surface area contributed by atoms with Crippen molar-refractivity contribution in [2.75, 3.05) is 56.8 Å². The van der Waals surface area contributed by atoms with Gasteiger partial charge in [0.15, 0.2) is 5.16 Å². The van der Waals surface area contributed by atoms with Crippen molar-refractivity contribution >= 4 is 27.7 Å². The van der Waals surface area contributed by atoms with E-state index in [-0.39, 0.29) is 5.75 Å². The van der Waals surface area contributed by atoms with Gasteiger partial charge in [-0.15, -0.1) is 10.2 Å². The molecule has 8 nitrogen and oxygen atoms in total. The molecule has 0 saturated carbocycles. The maximum Gasteiger partial charge on any atom is 0.232 e. The second-order valence-corrected chi connectivity index (χ2v) is 10.2. The summed E-state index contributed by atoms with van der Waals surface area (Å²) >= 11 is 1.53. The van der Waals surface area contributed by atoms with E-state index in [1.54, 1.807) is 14.1 Å². The first-order valence-electron chi connectivity index (χ1n) is 9.26. The van der Waals surface area contributed by atoms with E-state index in [0.717, 1.165) is 29.9 Å². The molecule has 10 heteroatoms. The molecule has 1 aromatic carbocycles. The van der Waals surface area contributed by atoms with Gasteiger partial charge in [0.05, 0.1) is 24.7 Å². The lowest BCUT2D eigenvalue weighted by Crippen LogP contribution is -2.37. The van der Waals surface area contributed by atoms with Crippen LogP contribution in [0.1, 0.15) is 12.0 Å². The van der Waals surface area contributed by atoms with Crippen LogP contribution in [0.15, 0.2) is 29.4 Å². The molecule has 1 aliphatic heterocycles. The number of anilines is 1. The van der Waals surface area contributed by atoms with Gasteiger partial charge in [-0.3, -0.25) is 4.57 Å². The van der Waals surface area contributed by atoms with Crippen molar-refractivity contribution in [2.24, 2.45) is 0 Å². The molecule has 0 spiro atoms. The molecular weight excluding hydrogens is 398 g/mol. The average Bonchev–Trinajstić information content (AvgIpc) is 3.10. The van der Waals surface area contributed by atoms with E-state index in [0.29, 0.717) is 25.4 Å². The number of rotatable bonds is 8. The Morgan fingerprint density at radius 3 is 2.46 bits per heavy atom. The van der Waals surface area contributed by atoms with Crippen LogP contribution in [-0.4, -0.2) is 79.4 Å². The number of aryl methyl sites for hydroxylation is 1. The van der Waals surface area contributed by atoms with Gasteiger partial charge in [0, 0.05) is 32.9 Å². The van der Waals surface area contributed by atoms with Crippen molar-refractivity contribution in [1.29, 1.82) is 0 Å². The molecule has 0 aliphatic carbocycles. The summed E-state index contributed by atoms with van der Waals surface area (Å²) in [6.45, 7) is 4.95. The molecule has 1 saturated heterocycles. The quantitative estimate of drug-likeness (QED) is 0.471. The van der Waals surface area contributed by atoms with Crippen LogP contribution in [0.2, 0.25) is 0 Å². The summed E-state index contributed by atoms with van der Waals surface area (Å²) in [4.78, 5) is 2.18. The van der Waals surface area contributed by atoms with Gasteiger partial charge in [0.25, 0.3) is 0 Å². The number of sulfonamides is 1. The van der Waals surface area contributed by atoms with Crippen LogP contribution >= 0.6 is 11.8 Å². The maximum absolute atomic E-state index is 11.9. The topological polar surface area (TPSA) is 80.6 Å². The van der Waals surface area contributed by atoms with Gasteiger partial charge in [-0.25, -0.2) is 12.7 Å². The number of hydrogen-bond acceptors (Lipinski definition) is 7. The molecule has 0 atom stereocenters. The minimum Gasteiger partial charge on any atom is -0.378 e. The third-order valence-electron chi connectivity index (χ3n) is 4.54. The SMILES string of the molecule is Cc1ccc(-n2c(SCCCS(=O)(=O)N(C)C)nnc2N2CCOCC2)cc1. The minimum atomic E-state index is -3.18. The fourth-order valence-electron chi connectivity index (χ4n) is 2.83. The van der Waals surface area contributed by atoms with Crippen molar-refractivity contribution in [3.63, 3.8) is 0 Å². The van der Waals surface area contributed by atoms with E-state index < -0.39 is 10.0 Å². The first-order valence-corrected chi connectivity index (χ1v) is 11.9. The van der Waals surface area contributed by atoms with Crippen molar-refractivity contribution in [1.82, 2.24) is 19.1 Å². The predicted octanol–water partition coefficient (Wildman–Crippen LogP) is 1.79. The van der Waals surface area contributed by atoms with Crippen LogP contribution in [0, 0.1) is 6.92 Å². The number of ether oxygens (including phenoxy) is 1. The Morgan fingerprint density at radius 2 is 1.82 bits per heavy atom. The summed E-state index contributed by atoms with van der Waals surface area (Å²) in [6, 6.07) is 8.25. The smallest absolute Gasteiger partial charge is 0.232 e. The van der Waals surface area contributed by atoms with Crippen LogP contribution in [0.25, 0.3) is 5.69 Å². The summed E-state index contributed by atoms with van der Waals surface area (Å²) in [5.74, 6) is 1.58. The number of benzene rings is 1. The molecule has 0 unspecified atom stereocenters. The zero-order valence-corrected chi connectivity index (χ0v) is 18.2. The lowest BCUT2D eigenvalue weighted by molar-refractivity contribution is 0.122. The summed E-state index contributed by atoms with van der Waals surface area (Å²) in [5.41, 5.74) is 2.19. The molecule has 0 radical (unpaired) electrons. The second kappa shape index (κ2) is 9.25. The van der Waals surface area contributed by atoms with Gasteiger partial charge < -0.3 is 9.64 Å².